The molecular weight excluding hydrogens is 398 g/mol. The lowest BCUT2D eigenvalue weighted by atomic mass is 9.97. The number of thiophene rings is 1. The molecule has 1 amide bonds. The van der Waals surface area contributed by atoms with E-state index in [4.69, 9.17) is 0 Å². The fraction of sp³-hybridized carbons (Fsp3) is 0.353. The van der Waals surface area contributed by atoms with Crippen LogP contribution in [0.4, 0.5) is 14.5 Å². The number of anilines is 1. The van der Waals surface area contributed by atoms with Crippen molar-refractivity contribution in [2.75, 3.05) is 18.4 Å². The molecule has 1 saturated heterocycles. The van der Waals surface area contributed by atoms with Crippen molar-refractivity contribution in [3.05, 3.63) is 41.8 Å². The Morgan fingerprint density at radius 2 is 1.89 bits per heavy atom. The molecule has 0 atom stereocenters. The highest BCUT2D eigenvalue weighted by atomic mass is 32.2. The normalized spacial score (nSPS) is 16.4. The third-order valence-corrected chi connectivity index (χ3v) is 7.55. The maximum Gasteiger partial charge on any atom is 0.387 e. The number of alkyl halides is 2. The van der Waals surface area contributed by atoms with E-state index in [1.54, 1.807) is 23.6 Å². The van der Waals surface area contributed by atoms with Gasteiger partial charge in [-0.05, 0) is 36.4 Å². The predicted octanol–water partition coefficient (Wildman–Crippen LogP) is 3.39. The number of ether oxygens (including phenoxy) is 1. The number of halogens is 2. The first kappa shape index (κ1) is 19.7. The molecule has 6 nitrogen and oxygen atoms in total. The molecule has 0 aliphatic carbocycles. The average Bonchev–Trinajstić information content (AvgIpc) is 3.18. The minimum absolute atomic E-state index is 0.112. The Balaban J connectivity index is 1.61. The van der Waals surface area contributed by atoms with E-state index in [0.29, 0.717) is 12.8 Å². The topological polar surface area (TPSA) is 75.7 Å². The van der Waals surface area contributed by atoms with E-state index >= 15 is 0 Å². The Morgan fingerprint density at radius 3 is 2.52 bits per heavy atom. The first-order chi connectivity index (χ1) is 12.9. The van der Waals surface area contributed by atoms with Crippen LogP contribution >= 0.6 is 11.3 Å². The molecule has 27 heavy (non-hydrogen) atoms. The summed E-state index contributed by atoms with van der Waals surface area (Å²) in [5.74, 6) is -0.855. The third-order valence-electron chi connectivity index (χ3n) is 4.27. The van der Waals surface area contributed by atoms with Gasteiger partial charge >= 0.3 is 6.61 Å². The van der Waals surface area contributed by atoms with E-state index in [1.807, 2.05) is 0 Å². The maximum atomic E-state index is 12.5. The second-order valence-electron chi connectivity index (χ2n) is 5.97. The Kier molecular flexibility index (Phi) is 6.08. The summed E-state index contributed by atoms with van der Waals surface area (Å²) in [6.45, 7) is -2.53. The van der Waals surface area contributed by atoms with Gasteiger partial charge in [-0.15, -0.1) is 11.3 Å². The number of nitrogens with zero attached hydrogens (tertiary/aromatic N) is 1. The van der Waals surface area contributed by atoms with Crippen LogP contribution in [0.25, 0.3) is 0 Å². The molecule has 0 bridgehead atoms. The van der Waals surface area contributed by atoms with Crippen molar-refractivity contribution < 1.29 is 26.7 Å². The summed E-state index contributed by atoms with van der Waals surface area (Å²) in [5.41, 5.74) is 0.163. The first-order valence-corrected chi connectivity index (χ1v) is 10.6. The van der Waals surface area contributed by atoms with Crippen molar-refractivity contribution in [1.82, 2.24) is 4.31 Å². The van der Waals surface area contributed by atoms with Gasteiger partial charge in [-0.1, -0.05) is 18.2 Å². The maximum absolute atomic E-state index is 12.5. The van der Waals surface area contributed by atoms with Crippen molar-refractivity contribution in [1.29, 1.82) is 0 Å². The molecule has 2 aromatic rings. The highest BCUT2D eigenvalue weighted by Crippen LogP contribution is 2.29. The molecule has 1 aromatic heterocycles. The summed E-state index contributed by atoms with van der Waals surface area (Å²) < 4.78 is 56.0. The third kappa shape index (κ3) is 4.63. The highest BCUT2D eigenvalue weighted by molar-refractivity contribution is 7.91. The van der Waals surface area contributed by atoms with E-state index in [0.717, 1.165) is 11.3 Å². The molecule has 146 valence electrons. The zero-order valence-corrected chi connectivity index (χ0v) is 15.8. The largest absolute Gasteiger partial charge is 0.433 e. The van der Waals surface area contributed by atoms with Crippen molar-refractivity contribution in [2.24, 2.45) is 5.92 Å². The smallest absolute Gasteiger partial charge is 0.387 e. The number of nitrogens with one attached hydrogen (secondary N) is 1. The Bertz CT molecular complexity index is 880. The van der Waals surface area contributed by atoms with Gasteiger partial charge in [-0.25, -0.2) is 8.42 Å². The zero-order valence-electron chi connectivity index (χ0n) is 14.2. The van der Waals surface area contributed by atoms with E-state index in [2.05, 4.69) is 10.1 Å². The first-order valence-electron chi connectivity index (χ1n) is 8.26. The van der Waals surface area contributed by atoms with Gasteiger partial charge in [0.2, 0.25) is 5.91 Å². The summed E-state index contributed by atoms with van der Waals surface area (Å²) >= 11 is 1.15. The van der Waals surface area contributed by atoms with Crippen LogP contribution in [-0.4, -0.2) is 38.3 Å². The van der Waals surface area contributed by atoms with Crippen LogP contribution < -0.4 is 10.1 Å². The lowest BCUT2D eigenvalue weighted by Gasteiger charge is -2.30. The Hall–Kier alpha value is -2.04. The molecule has 3 rings (SSSR count). The highest BCUT2D eigenvalue weighted by Gasteiger charge is 2.32. The molecule has 1 aliphatic rings. The zero-order chi connectivity index (χ0) is 19.4. The molecule has 1 fully saturated rings. The second-order valence-corrected chi connectivity index (χ2v) is 9.09. The summed E-state index contributed by atoms with van der Waals surface area (Å²) in [6.07, 6.45) is 0.711. The van der Waals surface area contributed by atoms with Gasteiger partial charge in [0.25, 0.3) is 10.0 Å². The molecule has 0 unspecified atom stereocenters. The van der Waals surface area contributed by atoms with Gasteiger partial charge in [0.15, 0.2) is 0 Å². The fourth-order valence-corrected chi connectivity index (χ4v) is 5.51. The summed E-state index contributed by atoms with van der Waals surface area (Å²) in [4.78, 5) is 12.5. The number of sulfonamides is 1. The molecule has 2 heterocycles. The van der Waals surface area contributed by atoms with Gasteiger partial charge in [0.1, 0.15) is 9.96 Å². The lowest BCUT2D eigenvalue weighted by molar-refractivity contribution is -0.121. The number of carbonyl (C=O) groups excluding carboxylic acids is 1. The SMILES string of the molecule is O=C(Nc1ccccc1OC(F)F)C1CCN(S(=O)(=O)c2cccs2)CC1. The van der Waals surface area contributed by atoms with Crippen LogP contribution in [0.3, 0.4) is 0 Å². The van der Waals surface area contributed by atoms with Gasteiger partial charge in [-0.3, -0.25) is 4.79 Å². The van der Waals surface area contributed by atoms with Crippen molar-refractivity contribution in [3.63, 3.8) is 0 Å². The lowest BCUT2D eigenvalue weighted by Crippen LogP contribution is -2.41. The van der Waals surface area contributed by atoms with Gasteiger partial charge in [0, 0.05) is 19.0 Å². The number of rotatable bonds is 6. The van der Waals surface area contributed by atoms with Crippen LogP contribution in [0.2, 0.25) is 0 Å². The minimum atomic E-state index is -3.53. The standard InChI is InChI=1S/C17H18F2N2O4S2/c18-17(19)25-14-5-2-1-4-13(14)20-16(22)12-7-9-21(10-8-12)27(23,24)15-6-3-11-26-15/h1-6,11-12,17H,7-10H2,(H,20,22). The van der Waals surface area contributed by atoms with Crippen molar-refractivity contribution >= 4 is 33.0 Å². The molecule has 1 aliphatic heterocycles. The Morgan fingerprint density at radius 1 is 1.19 bits per heavy atom. The van der Waals surface area contributed by atoms with Gasteiger partial charge < -0.3 is 10.1 Å². The van der Waals surface area contributed by atoms with Gasteiger partial charge in [-0.2, -0.15) is 13.1 Å². The average molecular weight is 416 g/mol. The minimum Gasteiger partial charge on any atom is -0.433 e. The quantitative estimate of drug-likeness (QED) is 0.783. The summed E-state index contributed by atoms with van der Waals surface area (Å²) in [6, 6.07) is 9.19. The van der Waals surface area contributed by atoms with E-state index in [9.17, 15) is 22.0 Å². The predicted molar refractivity (Wildman–Crippen MR) is 97.5 cm³/mol. The van der Waals surface area contributed by atoms with Crippen LogP contribution in [-0.2, 0) is 14.8 Å². The number of hydrogen-bond acceptors (Lipinski definition) is 5. The van der Waals surface area contributed by atoms with E-state index in [-0.39, 0.29) is 34.6 Å². The molecule has 0 saturated carbocycles. The number of benzene rings is 1. The monoisotopic (exact) mass is 416 g/mol. The Labute approximate surface area is 159 Å². The van der Waals surface area contributed by atoms with Crippen molar-refractivity contribution in [3.8, 4) is 5.75 Å². The number of carbonyl (C=O) groups is 1. The molecule has 10 heteroatoms. The van der Waals surface area contributed by atoms with Crippen molar-refractivity contribution in [2.45, 2.75) is 23.7 Å². The molecule has 0 radical (unpaired) electrons. The molecule has 1 N–H and O–H groups in total. The number of piperidine rings is 1. The molecular formula is C17H18F2N2O4S2. The van der Waals surface area contributed by atoms with Crippen LogP contribution in [0.1, 0.15) is 12.8 Å². The number of amides is 1. The van der Waals surface area contributed by atoms with E-state index < -0.39 is 22.6 Å². The second kappa shape index (κ2) is 8.32. The van der Waals surface area contributed by atoms with Gasteiger partial charge in [0.05, 0.1) is 5.69 Å². The number of para-hydroxylation sites is 2. The van der Waals surface area contributed by atoms with Crippen LogP contribution in [0.15, 0.2) is 46.0 Å². The number of hydrogen-bond donors (Lipinski definition) is 1. The summed E-state index contributed by atoms with van der Waals surface area (Å²) in [5, 5.41) is 4.30. The molecule has 1 aromatic carbocycles. The van der Waals surface area contributed by atoms with Crippen LogP contribution in [0, 0.1) is 5.92 Å². The molecule has 0 spiro atoms. The van der Waals surface area contributed by atoms with Crippen LogP contribution in [0.5, 0.6) is 5.75 Å². The fourth-order valence-electron chi connectivity index (χ4n) is 2.90. The van der Waals surface area contributed by atoms with E-state index in [1.165, 1.54) is 22.5 Å². The summed E-state index contributed by atoms with van der Waals surface area (Å²) in [7, 11) is -3.53.